The molecule has 2 aromatic rings. The number of carboxylic acid groups (broad SMARTS) is 2. The molecule has 0 saturated heterocycles. The lowest BCUT2D eigenvalue weighted by Gasteiger charge is -2.25. The smallest absolute Gasteiger partial charge is 0.306 e. The van der Waals surface area contributed by atoms with E-state index in [1.165, 1.54) is 48.5 Å². The average Bonchev–Trinajstić information content (AvgIpc) is 2.87. The van der Waals surface area contributed by atoms with E-state index in [-0.39, 0.29) is 32.8 Å². The number of benzene rings is 2. The first-order chi connectivity index (χ1) is 17.7. The third-order valence-corrected chi connectivity index (χ3v) is 5.89. The van der Waals surface area contributed by atoms with Gasteiger partial charge >= 0.3 is 11.9 Å². The van der Waals surface area contributed by atoms with Gasteiger partial charge in [0.15, 0.2) is 0 Å². The maximum Gasteiger partial charge on any atom is 0.306 e. The van der Waals surface area contributed by atoms with Crippen molar-refractivity contribution in [2.75, 3.05) is 20.0 Å². The van der Waals surface area contributed by atoms with Gasteiger partial charge in [-0.15, -0.1) is 0 Å². The molecular formula is C27H34F2O8. The molecule has 0 heterocycles. The fourth-order valence-electron chi connectivity index (χ4n) is 3.56. The number of carbonyl (C=O) groups is 2. The van der Waals surface area contributed by atoms with Gasteiger partial charge in [0.1, 0.15) is 43.1 Å². The lowest BCUT2D eigenvalue weighted by atomic mass is 9.99. The number of rotatable bonds is 18. The van der Waals surface area contributed by atoms with Crippen LogP contribution in [0.5, 0.6) is 11.5 Å². The topological polar surface area (TPSA) is 112 Å². The van der Waals surface area contributed by atoms with Crippen LogP contribution in [0.3, 0.4) is 0 Å². The third-order valence-electron chi connectivity index (χ3n) is 5.89. The van der Waals surface area contributed by atoms with Crippen molar-refractivity contribution >= 4 is 11.9 Å². The predicted octanol–water partition coefficient (Wildman–Crippen LogP) is 5.15. The van der Waals surface area contributed by atoms with Gasteiger partial charge in [0.2, 0.25) is 0 Å². The quantitative estimate of drug-likeness (QED) is 0.258. The second-order valence-electron chi connectivity index (χ2n) is 8.58. The molecular weight excluding hydrogens is 490 g/mol. The molecule has 0 aliphatic rings. The Morgan fingerprint density at radius 2 is 1.05 bits per heavy atom. The Morgan fingerprint density at radius 3 is 1.35 bits per heavy atom. The van der Waals surface area contributed by atoms with E-state index in [1.54, 1.807) is 13.8 Å². The van der Waals surface area contributed by atoms with Crippen LogP contribution >= 0.6 is 0 Å². The largest absolute Gasteiger partial charge is 0.491 e. The predicted molar refractivity (Wildman–Crippen MR) is 130 cm³/mol. The minimum atomic E-state index is -0.961. The summed E-state index contributed by atoms with van der Waals surface area (Å²) < 4.78 is 49.3. The Morgan fingerprint density at radius 1 is 0.703 bits per heavy atom. The van der Waals surface area contributed by atoms with Crippen molar-refractivity contribution in [3.8, 4) is 11.5 Å². The third kappa shape index (κ3) is 11.1. The first-order valence-electron chi connectivity index (χ1n) is 12.2. The summed E-state index contributed by atoms with van der Waals surface area (Å²) in [7, 11) is 0. The van der Waals surface area contributed by atoms with Gasteiger partial charge < -0.3 is 29.2 Å². The zero-order valence-corrected chi connectivity index (χ0v) is 21.0. The van der Waals surface area contributed by atoms with E-state index in [0.29, 0.717) is 24.3 Å². The van der Waals surface area contributed by atoms with Gasteiger partial charge in [-0.25, -0.2) is 8.78 Å². The molecule has 2 unspecified atom stereocenters. The minimum absolute atomic E-state index is 0.00221. The Labute approximate surface area is 215 Å². The minimum Gasteiger partial charge on any atom is -0.491 e. The fourth-order valence-corrected chi connectivity index (χ4v) is 3.56. The van der Waals surface area contributed by atoms with Gasteiger partial charge in [0.25, 0.3) is 0 Å². The highest BCUT2D eigenvalue weighted by Crippen LogP contribution is 2.20. The average molecular weight is 525 g/mol. The highest BCUT2D eigenvalue weighted by molar-refractivity contribution is 5.70. The van der Waals surface area contributed by atoms with Gasteiger partial charge in [-0.1, -0.05) is 13.8 Å². The summed E-state index contributed by atoms with van der Waals surface area (Å²) in [4.78, 5) is 23.1. The zero-order chi connectivity index (χ0) is 27.2. The van der Waals surface area contributed by atoms with E-state index >= 15 is 0 Å². The number of halogens is 2. The normalized spacial score (nSPS) is 14.4. The summed E-state index contributed by atoms with van der Waals surface area (Å²) in [6, 6.07) is 10.8. The molecule has 0 amide bonds. The van der Waals surface area contributed by atoms with Crippen molar-refractivity contribution in [1.29, 1.82) is 0 Å². The summed E-state index contributed by atoms with van der Waals surface area (Å²) in [5.41, 5.74) is 0. The van der Waals surface area contributed by atoms with E-state index in [2.05, 4.69) is 0 Å². The van der Waals surface area contributed by atoms with Gasteiger partial charge in [0, 0.05) is 0 Å². The Bertz CT molecular complexity index is 874. The van der Waals surface area contributed by atoms with Crippen LogP contribution in [-0.4, -0.2) is 54.4 Å². The lowest BCUT2D eigenvalue weighted by molar-refractivity contribution is -0.156. The first kappa shape index (κ1) is 30.0. The van der Waals surface area contributed by atoms with E-state index in [4.69, 9.17) is 18.9 Å². The Hall–Kier alpha value is -3.24. The van der Waals surface area contributed by atoms with E-state index in [9.17, 15) is 28.6 Å². The van der Waals surface area contributed by atoms with Crippen molar-refractivity contribution in [1.82, 2.24) is 0 Å². The van der Waals surface area contributed by atoms with Crippen LogP contribution in [0.25, 0.3) is 0 Å². The molecule has 2 aromatic carbocycles. The van der Waals surface area contributed by atoms with Crippen molar-refractivity contribution in [2.24, 2.45) is 11.8 Å². The molecule has 10 heteroatoms. The van der Waals surface area contributed by atoms with Gasteiger partial charge in [-0.2, -0.15) is 0 Å². The van der Waals surface area contributed by atoms with Crippen LogP contribution in [0.15, 0.2) is 48.5 Å². The summed E-state index contributed by atoms with van der Waals surface area (Å²) in [6.45, 7) is 3.25. The maximum atomic E-state index is 13.2. The molecule has 37 heavy (non-hydrogen) atoms. The zero-order valence-electron chi connectivity index (χ0n) is 21.0. The molecule has 0 fully saturated rings. The van der Waals surface area contributed by atoms with Crippen LogP contribution < -0.4 is 9.47 Å². The van der Waals surface area contributed by atoms with Crippen molar-refractivity contribution in [3.05, 3.63) is 60.2 Å². The lowest BCUT2D eigenvalue weighted by Crippen LogP contribution is -2.32. The summed E-state index contributed by atoms with van der Waals surface area (Å²) >= 11 is 0. The molecule has 0 aliphatic carbocycles. The number of aliphatic carboxylic acids is 2. The van der Waals surface area contributed by atoms with Crippen molar-refractivity contribution in [2.45, 2.75) is 51.7 Å². The second kappa shape index (κ2) is 15.8. The number of hydrogen-bond acceptors (Lipinski definition) is 6. The van der Waals surface area contributed by atoms with Crippen LogP contribution in [0, 0.1) is 23.5 Å². The van der Waals surface area contributed by atoms with Gasteiger partial charge in [-0.3, -0.25) is 9.59 Å². The second-order valence-corrected chi connectivity index (χ2v) is 8.58. The summed E-state index contributed by atoms with van der Waals surface area (Å²) in [5, 5.41) is 18.9. The highest BCUT2D eigenvalue weighted by atomic mass is 19.1. The van der Waals surface area contributed by atoms with Crippen LogP contribution in [0.4, 0.5) is 8.78 Å². The number of hydrogen-bond donors (Lipinski definition) is 2. The summed E-state index contributed by atoms with van der Waals surface area (Å²) in [6.07, 6.45) is -0.244. The summed E-state index contributed by atoms with van der Waals surface area (Å²) in [5.74, 6) is -3.29. The molecule has 0 bridgehead atoms. The Kier molecular flexibility index (Phi) is 12.8. The van der Waals surface area contributed by atoms with Crippen molar-refractivity contribution in [3.63, 3.8) is 0 Å². The van der Waals surface area contributed by atoms with Gasteiger partial charge in [0.05, 0.1) is 24.0 Å². The highest BCUT2D eigenvalue weighted by Gasteiger charge is 2.25. The number of ether oxygens (including phenoxy) is 4. The molecule has 0 aromatic heterocycles. The monoisotopic (exact) mass is 524 g/mol. The molecule has 0 spiro atoms. The molecule has 0 radical (unpaired) electrons. The molecule has 0 aliphatic heterocycles. The van der Waals surface area contributed by atoms with Gasteiger partial charge in [-0.05, 0) is 74.2 Å². The van der Waals surface area contributed by atoms with E-state index < -0.39 is 47.6 Å². The maximum absolute atomic E-state index is 13.2. The molecule has 2 N–H and O–H groups in total. The Balaban J connectivity index is 2.02. The SMILES string of the molecule is CC[C@H](CC(COc1ccc(F)cc1)OCOC(COc1ccc(F)cc1)C[C@@H](CC)C(=O)O)C(=O)O. The standard InChI is InChI=1S/C27H34F2O8/c1-3-18(26(30)31)13-24(15-34-22-9-5-20(28)6-10-22)36-17-37-25(14-19(4-2)27(32)33)16-35-23-11-7-21(29)8-12-23/h5-12,18-19,24-25H,3-4,13-17H2,1-2H3,(H,30,31)(H,32,33)/t18-,19-,24?,25?/m1/s1. The van der Waals surface area contributed by atoms with Crippen LogP contribution in [-0.2, 0) is 19.1 Å². The van der Waals surface area contributed by atoms with Crippen LogP contribution in [0.2, 0.25) is 0 Å². The molecule has 0 saturated carbocycles. The van der Waals surface area contributed by atoms with E-state index in [1.807, 2.05) is 0 Å². The molecule has 4 atom stereocenters. The van der Waals surface area contributed by atoms with Crippen LogP contribution in [0.1, 0.15) is 39.5 Å². The molecule has 8 nitrogen and oxygen atoms in total. The number of carboxylic acids is 2. The molecule has 204 valence electrons. The van der Waals surface area contributed by atoms with E-state index in [0.717, 1.165) is 0 Å². The molecule has 2 rings (SSSR count). The van der Waals surface area contributed by atoms with Crippen molar-refractivity contribution < 1.29 is 47.5 Å². The first-order valence-corrected chi connectivity index (χ1v) is 12.2. The fraction of sp³-hybridized carbons (Fsp3) is 0.481.